The molecular formula is C12H18BrN3O. The Bertz CT molecular complexity index is 416. The Balaban J connectivity index is 2.03. The van der Waals surface area contributed by atoms with Gasteiger partial charge in [-0.25, -0.2) is 0 Å². The summed E-state index contributed by atoms with van der Waals surface area (Å²) in [5, 5.41) is 3.03. The number of nitrogens with one attached hydrogen (secondary N) is 1. The average molecular weight is 300 g/mol. The second-order valence-corrected chi connectivity index (χ2v) is 5.60. The Kier molecular flexibility index (Phi) is 3.89. The zero-order valence-electron chi connectivity index (χ0n) is 9.95. The van der Waals surface area contributed by atoms with Crippen LogP contribution in [0.15, 0.2) is 16.7 Å². The van der Waals surface area contributed by atoms with Crippen LogP contribution in [0.1, 0.15) is 36.2 Å². The van der Waals surface area contributed by atoms with Gasteiger partial charge in [0.1, 0.15) is 5.69 Å². The number of hydrogen-bond donors (Lipinski definition) is 2. The summed E-state index contributed by atoms with van der Waals surface area (Å²) in [6, 6.07) is 2.03. The lowest BCUT2D eigenvalue weighted by atomic mass is 9.91. The van der Waals surface area contributed by atoms with Crippen molar-refractivity contribution >= 4 is 21.8 Å². The van der Waals surface area contributed by atoms with Gasteiger partial charge in [-0.1, -0.05) is 12.8 Å². The van der Waals surface area contributed by atoms with Crippen LogP contribution in [0.3, 0.4) is 0 Å². The van der Waals surface area contributed by atoms with Gasteiger partial charge in [0.25, 0.3) is 5.91 Å². The molecule has 4 nitrogen and oxygen atoms in total. The van der Waals surface area contributed by atoms with Gasteiger partial charge in [-0.15, -0.1) is 0 Å². The molecule has 2 atom stereocenters. The van der Waals surface area contributed by atoms with Gasteiger partial charge in [-0.05, 0) is 34.8 Å². The average Bonchev–Trinajstić information content (AvgIpc) is 2.61. The Hall–Kier alpha value is -0.810. The van der Waals surface area contributed by atoms with Gasteiger partial charge in [0.15, 0.2) is 0 Å². The summed E-state index contributed by atoms with van der Waals surface area (Å²) in [7, 11) is 1.86. The first kappa shape index (κ1) is 12.6. The van der Waals surface area contributed by atoms with E-state index in [1.54, 1.807) is 0 Å². The van der Waals surface area contributed by atoms with Crippen molar-refractivity contribution in [2.45, 2.75) is 37.8 Å². The Morgan fingerprint density at radius 2 is 2.24 bits per heavy atom. The molecule has 1 aromatic rings. The number of amides is 1. The van der Waals surface area contributed by atoms with E-state index in [-0.39, 0.29) is 18.0 Å². The summed E-state index contributed by atoms with van der Waals surface area (Å²) in [6.07, 6.45) is 6.18. The molecule has 1 saturated carbocycles. The van der Waals surface area contributed by atoms with E-state index in [0.29, 0.717) is 5.69 Å². The molecule has 17 heavy (non-hydrogen) atoms. The lowest BCUT2D eigenvalue weighted by Gasteiger charge is -2.29. The molecule has 1 fully saturated rings. The number of aryl methyl sites for hydroxylation is 1. The SMILES string of the molecule is Cn1cc(Br)cc1C(=O)N[C@@H]1CCCC[C@H]1N. The van der Waals surface area contributed by atoms with Crippen molar-refractivity contribution in [3.8, 4) is 0 Å². The molecule has 0 spiro atoms. The highest BCUT2D eigenvalue weighted by molar-refractivity contribution is 9.10. The van der Waals surface area contributed by atoms with E-state index in [0.717, 1.165) is 23.7 Å². The summed E-state index contributed by atoms with van der Waals surface area (Å²) >= 11 is 3.36. The molecular weight excluding hydrogens is 282 g/mol. The summed E-state index contributed by atoms with van der Waals surface area (Å²) in [5.74, 6) is -0.0412. The first-order valence-electron chi connectivity index (χ1n) is 5.96. The first-order valence-corrected chi connectivity index (χ1v) is 6.75. The minimum atomic E-state index is -0.0412. The highest BCUT2D eigenvalue weighted by atomic mass is 79.9. The Labute approximate surface area is 110 Å². The van der Waals surface area contributed by atoms with Crippen molar-refractivity contribution in [3.63, 3.8) is 0 Å². The van der Waals surface area contributed by atoms with Crippen molar-refractivity contribution in [2.24, 2.45) is 12.8 Å². The molecule has 1 heterocycles. The molecule has 0 unspecified atom stereocenters. The molecule has 0 bridgehead atoms. The maximum Gasteiger partial charge on any atom is 0.268 e. The number of aromatic nitrogens is 1. The van der Waals surface area contributed by atoms with Gasteiger partial charge in [-0.3, -0.25) is 4.79 Å². The summed E-state index contributed by atoms with van der Waals surface area (Å²) in [6.45, 7) is 0. The molecule has 0 saturated heterocycles. The molecule has 0 aromatic carbocycles. The van der Waals surface area contributed by atoms with E-state index in [4.69, 9.17) is 5.73 Å². The third kappa shape index (κ3) is 2.90. The van der Waals surface area contributed by atoms with Crippen LogP contribution in [0.25, 0.3) is 0 Å². The number of carbonyl (C=O) groups is 1. The van der Waals surface area contributed by atoms with Gasteiger partial charge in [0.2, 0.25) is 0 Å². The predicted molar refractivity (Wildman–Crippen MR) is 70.8 cm³/mol. The fourth-order valence-electron chi connectivity index (χ4n) is 2.33. The molecule has 0 radical (unpaired) electrons. The van der Waals surface area contributed by atoms with Crippen LogP contribution in [0.2, 0.25) is 0 Å². The quantitative estimate of drug-likeness (QED) is 0.875. The molecule has 1 aliphatic carbocycles. The number of hydrogen-bond acceptors (Lipinski definition) is 2. The summed E-state index contributed by atoms with van der Waals surface area (Å²) < 4.78 is 2.73. The third-order valence-electron chi connectivity index (χ3n) is 3.34. The summed E-state index contributed by atoms with van der Waals surface area (Å²) in [5.41, 5.74) is 6.68. The molecule has 5 heteroatoms. The van der Waals surface area contributed by atoms with E-state index in [9.17, 15) is 4.79 Å². The normalized spacial score (nSPS) is 24.6. The van der Waals surface area contributed by atoms with Crippen LogP contribution in [0, 0.1) is 0 Å². The van der Waals surface area contributed by atoms with Crippen molar-refractivity contribution in [1.29, 1.82) is 0 Å². The van der Waals surface area contributed by atoms with Crippen molar-refractivity contribution in [1.82, 2.24) is 9.88 Å². The molecule has 94 valence electrons. The number of carbonyl (C=O) groups excluding carboxylic acids is 1. The van der Waals surface area contributed by atoms with Crippen LogP contribution in [-0.2, 0) is 7.05 Å². The van der Waals surface area contributed by atoms with Gasteiger partial charge in [-0.2, -0.15) is 0 Å². The second kappa shape index (κ2) is 5.23. The molecule has 1 aromatic heterocycles. The number of nitrogens with two attached hydrogens (primary N) is 1. The van der Waals surface area contributed by atoms with Crippen LogP contribution >= 0.6 is 15.9 Å². The fourth-order valence-corrected chi connectivity index (χ4v) is 2.85. The van der Waals surface area contributed by atoms with E-state index in [1.165, 1.54) is 6.42 Å². The van der Waals surface area contributed by atoms with Gasteiger partial charge < -0.3 is 15.6 Å². The number of rotatable bonds is 2. The zero-order valence-corrected chi connectivity index (χ0v) is 11.5. The van der Waals surface area contributed by atoms with Crippen molar-refractivity contribution in [2.75, 3.05) is 0 Å². The topological polar surface area (TPSA) is 60.0 Å². The maximum absolute atomic E-state index is 12.1. The highest BCUT2D eigenvalue weighted by Crippen LogP contribution is 2.18. The van der Waals surface area contributed by atoms with E-state index in [2.05, 4.69) is 21.2 Å². The van der Waals surface area contributed by atoms with Crippen LogP contribution in [0.5, 0.6) is 0 Å². The van der Waals surface area contributed by atoms with Gasteiger partial charge >= 0.3 is 0 Å². The van der Waals surface area contributed by atoms with Gasteiger partial charge in [0.05, 0.1) is 0 Å². The molecule has 1 amide bonds. The molecule has 3 N–H and O–H groups in total. The van der Waals surface area contributed by atoms with Crippen LogP contribution in [-0.4, -0.2) is 22.6 Å². The lowest BCUT2D eigenvalue weighted by Crippen LogP contribution is -2.49. The Morgan fingerprint density at radius 1 is 1.53 bits per heavy atom. The fraction of sp³-hybridized carbons (Fsp3) is 0.583. The molecule has 0 aliphatic heterocycles. The van der Waals surface area contributed by atoms with Gasteiger partial charge in [0, 0.05) is 29.8 Å². The smallest absolute Gasteiger partial charge is 0.268 e. The predicted octanol–water partition coefficient (Wildman–Crippen LogP) is 1.79. The van der Waals surface area contributed by atoms with Crippen molar-refractivity contribution in [3.05, 3.63) is 22.4 Å². The lowest BCUT2D eigenvalue weighted by molar-refractivity contribution is 0.0913. The van der Waals surface area contributed by atoms with Crippen molar-refractivity contribution < 1.29 is 4.79 Å². The second-order valence-electron chi connectivity index (χ2n) is 4.68. The first-order chi connectivity index (χ1) is 8.08. The zero-order chi connectivity index (χ0) is 12.4. The third-order valence-corrected chi connectivity index (χ3v) is 3.77. The largest absolute Gasteiger partial charge is 0.346 e. The number of nitrogens with zero attached hydrogens (tertiary/aromatic N) is 1. The number of halogens is 1. The molecule has 2 rings (SSSR count). The standard InChI is InChI=1S/C12H18BrN3O/c1-16-7-8(13)6-11(16)12(17)15-10-5-3-2-4-9(10)14/h6-7,9-10H,2-5,14H2,1H3,(H,15,17)/t9-,10-/m1/s1. The van der Waals surface area contributed by atoms with E-state index >= 15 is 0 Å². The minimum absolute atomic E-state index is 0.0412. The minimum Gasteiger partial charge on any atom is -0.346 e. The monoisotopic (exact) mass is 299 g/mol. The molecule has 1 aliphatic rings. The van der Waals surface area contributed by atoms with Crippen LogP contribution < -0.4 is 11.1 Å². The van der Waals surface area contributed by atoms with E-state index in [1.807, 2.05) is 23.9 Å². The summed E-state index contributed by atoms with van der Waals surface area (Å²) in [4.78, 5) is 12.1. The highest BCUT2D eigenvalue weighted by Gasteiger charge is 2.24. The maximum atomic E-state index is 12.1. The Morgan fingerprint density at radius 3 is 2.82 bits per heavy atom. The van der Waals surface area contributed by atoms with Crippen LogP contribution in [0.4, 0.5) is 0 Å². The van der Waals surface area contributed by atoms with E-state index < -0.39 is 0 Å².